The highest BCUT2D eigenvalue weighted by molar-refractivity contribution is 7.48. The van der Waals surface area contributed by atoms with E-state index in [0.717, 1.165) is 11.5 Å². The van der Waals surface area contributed by atoms with Gasteiger partial charge in [0, 0.05) is 43.8 Å². The van der Waals surface area contributed by atoms with Crippen LogP contribution in [-0.2, 0) is 34.3 Å². The number of carbonyl (C=O) groups is 2. The Balaban J connectivity index is 1.05. The highest BCUT2D eigenvalue weighted by atomic mass is 31.2. The minimum absolute atomic E-state index is 0.0204. The monoisotopic (exact) mass is 772 g/mol. The van der Waals surface area contributed by atoms with Crippen LogP contribution in [0.2, 0.25) is 0 Å². The van der Waals surface area contributed by atoms with Gasteiger partial charge >= 0.3 is 7.82 Å². The second-order valence-electron chi connectivity index (χ2n) is 14.6. The molecule has 0 aliphatic carbocycles. The summed E-state index contributed by atoms with van der Waals surface area (Å²) in [5.41, 5.74) is -0.542. The number of nitrogens with zero attached hydrogens (tertiary/aromatic N) is 6. The van der Waals surface area contributed by atoms with E-state index in [2.05, 4.69) is 30.6 Å². The molecule has 1 aliphatic heterocycles. The third kappa shape index (κ3) is 12.0. The summed E-state index contributed by atoms with van der Waals surface area (Å²) in [6, 6.07) is 9.01. The average molecular weight is 773 g/mol. The fraction of sp³-hybridized carbons (Fsp3) is 0.472. The number of fused-ring (bicyclic) bond motifs is 1. The second-order valence-corrected chi connectivity index (χ2v) is 16.2. The molecule has 18 heteroatoms. The molecule has 1 fully saturated rings. The molecule has 1 aliphatic rings. The Morgan fingerprint density at radius 3 is 2.46 bits per heavy atom. The Labute approximate surface area is 312 Å². The van der Waals surface area contributed by atoms with E-state index in [9.17, 15) is 22.9 Å². The highest BCUT2D eigenvalue weighted by Crippen LogP contribution is 2.55. The van der Waals surface area contributed by atoms with Crippen LogP contribution < -0.4 is 15.4 Å². The van der Waals surface area contributed by atoms with E-state index in [1.165, 1.54) is 29.3 Å². The minimum Gasteiger partial charge on any atom is -0.493 e. The Kier molecular flexibility index (Phi) is 13.0. The van der Waals surface area contributed by atoms with Crippen LogP contribution in [0.15, 0.2) is 55.1 Å². The normalized spacial score (nSPS) is 14.4. The molecule has 0 saturated carbocycles. The first-order valence-electron chi connectivity index (χ1n) is 17.5. The Hall–Kier alpha value is -4.54. The zero-order valence-corrected chi connectivity index (χ0v) is 32.2. The minimum atomic E-state index is -3.85. The lowest BCUT2D eigenvalue weighted by atomic mass is 10.2. The summed E-state index contributed by atoms with van der Waals surface area (Å²) in [4.78, 5) is 37.7. The quantitative estimate of drug-likeness (QED) is 0.0988. The molecule has 2 aromatic heterocycles. The number of phosphoric ester groups is 1. The number of phosphoric acid groups is 1. The van der Waals surface area contributed by atoms with Crippen molar-refractivity contribution in [3.8, 4) is 5.75 Å². The third-order valence-corrected chi connectivity index (χ3v) is 9.74. The van der Waals surface area contributed by atoms with E-state index in [0.29, 0.717) is 55.4 Å². The van der Waals surface area contributed by atoms with E-state index < -0.39 is 36.6 Å². The molecule has 0 radical (unpaired) electrons. The number of benzene rings is 2. The van der Waals surface area contributed by atoms with E-state index in [4.69, 9.17) is 18.3 Å². The number of hydrogen-bond donors (Lipinski definition) is 2. The van der Waals surface area contributed by atoms with Gasteiger partial charge in [-0.25, -0.2) is 23.3 Å². The van der Waals surface area contributed by atoms with Gasteiger partial charge in [-0.2, -0.15) is 5.10 Å². The number of hydrogen-bond acceptors (Lipinski definition) is 12. The van der Waals surface area contributed by atoms with Crippen molar-refractivity contribution >= 4 is 47.7 Å². The van der Waals surface area contributed by atoms with Crippen LogP contribution in [0.5, 0.6) is 5.75 Å². The molecule has 2 N–H and O–H groups in total. The lowest BCUT2D eigenvalue weighted by molar-refractivity contribution is -0.136. The summed E-state index contributed by atoms with van der Waals surface area (Å²) in [5, 5.41) is 10.4. The molecule has 5 rings (SSSR count). The van der Waals surface area contributed by atoms with Gasteiger partial charge < -0.3 is 20.3 Å². The number of amides is 2. The molecule has 2 amide bonds. The van der Waals surface area contributed by atoms with E-state index in [1.807, 2.05) is 18.2 Å². The number of rotatable bonds is 16. The van der Waals surface area contributed by atoms with Crippen LogP contribution in [0, 0.1) is 11.6 Å². The lowest BCUT2D eigenvalue weighted by Crippen LogP contribution is -2.51. The molecule has 0 spiro atoms. The van der Waals surface area contributed by atoms with Crippen LogP contribution in [0.3, 0.4) is 0 Å². The molecule has 15 nitrogen and oxygen atoms in total. The van der Waals surface area contributed by atoms with Gasteiger partial charge in [-0.1, -0.05) is 6.07 Å². The maximum Gasteiger partial charge on any atom is 0.475 e. The fourth-order valence-corrected chi connectivity index (χ4v) is 7.27. The first-order chi connectivity index (χ1) is 25.5. The zero-order chi connectivity index (χ0) is 39.1. The average Bonchev–Trinajstić information content (AvgIpc) is 3.50. The van der Waals surface area contributed by atoms with E-state index in [1.54, 1.807) is 52.6 Å². The summed E-state index contributed by atoms with van der Waals surface area (Å²) >= 11 is 0. The smallest absolute Gasteiger partial charge is 0.475 e. The summed E-state index contributed by atoms with van der Waals surface area (Å²) in [6.45, 7) is 13.3. The van der Waals surface area contributed by atoms with Gasteiger partial charge in [0.2, 0.25) is 11.8 Å². The third-order valence-electron chi connectivity index (χ3n) is 7.70. The molecule has 54 heavy (non-hydrogen) atoms. The molecule has 2 aromatic carbocycles. The number of piperazine rings is 1. The van der Waals surface area contributed by atoms with Crippen molar-refractivity contribution in [2.24, 2.45) is 0 Å². The highest BCUT2D eigenvalue weighted by Gasteiger charge is 2.37. The first kappa shape index (κ1) is 40.6. The van der Waals surface area contributed by atoms with Gasteiger partial charge in [0.25, 0.3) is 0 Å². The maximum absolute atomic E-state index is 13.9. The SMILES string of the molecule is CC(C)(C)OP(=O)(OCCN1CCN(CCCOc2ccc3c(Nc4cnn(CC(=O)Nc5cccc(F)c5F)c4)ncnc3c2)CC1=O)OC(C)(C)C. The largest absolute Gasteiger partial charge is 0.493 e. The van der Waals surface area contributed by atoms with Crippen molar-refractivity contribution in [1.29, 1.82) is 0 Å². The molecule has 1 saturated heterocycles. The topological polar surface area (TPSA) is 162 Å². The maximum atomic E-state index is 13.9. The van der Waals surface area contributed by atoms with Crippen molar-refractivity contribution in [3.05, 3.63) is 66.8 Å². The van der Waals surface area contributed by atoms with Gasteiger partial charge in [0.1, 0.15) is 24.4 Å². The predicted molar refractivity (Wildman–Crippen MR) is 198 cm³/mol. The molecular formula is C36H47F2N8O7P. The molecule has 0 unspecified atom stereocenters. The van der Waals surface area contributed by atoms with Crippen molar-refractivity contribution < 1.29 is 41.2 Å². The summed E-state index contributed by atoms with van der Waals surface area (Å²) in [6.07, 6.45) is 5.21. The Bertz CT molecular complexity index is 1960. The predicted octanol–water partition coefficient (Wildman–Crippen LogP) is 6.15. The number of aromatic nitrogens is 4. The van der Waals surface area contributed by atoms with Crippen molar-refractivity contribution in [2.45, 2.75) is 65.7 Å². The molecule has 0 atom stereocenters. The summed E-state index contributed by atoms with van der Waals surface area (Å²) in [7, 11) is -3.85. The summed E-state index contributed by atoms with van der Waals surface area (Å²) in [5.74, 6) is -1.66. The van der Waals surface area contributed by atoms with Crippen LogP contribution in [0.4, 0.5) is 26.0 Å². The number of halogens is 2. The molecule has 0 bridgehead atoms. The second kappa shape index (κ2) is 17.3. The van der Waals surface area contributed by atoms with Crippen LogP contribution >= 0.6 is 7.82 Å². The van der Waals surface area contributed by atoms with Crippen LogP contribution in [-0.4, -0.2) is 98.5 Å². The molecule has 4 aromatic rings. The van der Waals surface area contributed by atoms with Gasteiger partial charge in [0.05, 0.1) is 54.0 Å². The van der Waals surface area contributed by atoms with Gasteiger partial charge in [-0.05, 0) is 72.2 Å². The lowest BCUT2D eigenvalue weighted by Gasteiger charge is -2.35. The number of anilines is 3. The van der Waals surface area contributed by atoms with Gasteiger partial charge in [-0.3, -0.25) is 32.7 Å². The Morgan fingerprint density at radius 2 is 1.74 bits per heavy atom. The van der Waals surface area contributed by atoms with Crippen LogP contribution in [0.25, 0.3) is 10.9 Å². The number of nitrogens with one attached hydrogen (secondary N) is 2. The van der Waals surface area contributed by atoms with Gasteiger partial charge in [-0.15, -0.1) is 0 Å². The van der Waals surface area contributed by atoms with E-state index in [-0.39, 0.29) is 37.8 Å². The molecule has 292 valence electrons. The molecular weight excluding hydrogens is 725 g/mol. The van der Waals surface area contributed by atoms with Crippen LogP contribution in [0.1, 0.15) is 48.0 Å². The van der Waals surface area contributed by atoms with Crippen molar-refractivity contribution in [1.82, 2.24) is 29.5 Å². The van der Waals surface area contributed by atoms with Crippen molar-refractivity contribution in [3.63, 3.8) is 0 Å². The van der Waals surface area contributed by atoms with Gasteiger partial charge in [0.15, 0.2) is 11.6 Å². The van der Waals surface area contributed by atoms with Crippen molar-refractivity contribution in [2.75, 3.05) is 56.6 Å². The fourth-order valence-electron chi connectivity index (χ4n) is 5.48. The Morgan fingerprint density at radius 1 is 0.981 bits per heavy atom. The molecule has 3 heterocycles. The number of carbonyl (C=O) groups excluding carboxylic acids is 2. The number of ether oxygens (including phenoxy) is 1. The standard InChI is InChI=1S/C36H47F2N8O7P/c1-35(2,3)52-54(49,53-36(4,5)6)51-18-16-45-15-14-44(23-32(45)48)13-8-17-50-26-11-12-27-30(19-26)39-24-40-34(27)42-25-20-41-46(21-25)22-31(47)43-29-10-7-9-28(37)33(29)38/h7,9-12,19-21,24H,8,13-18,22-23H2,1-6H3,(H,43,47)(H,39,40,42). The van der Waals surface area contributed by atoms with E-state index >= 15 is 0 Å². The summed E-state index contributed by atoms with van der Waals surface area (Å²) < 4.78 is 64.9. The zero-order valence-electron chi connectivity index (χ0n) is 31.3. The first-order valence-corrected chi connectivity index (χ1v) is 19.0.